The number of ether oxygens (including phenoxy) is 1. The summed E-state index contributed by atoms with van der Waals surface area (Å²) in [4.78, 5) is 0.00390. The lowest BCUT2D eigenvalue weighted by atomic mass is 9.98. The van der Waals surface area contributed by atoms with Gasteiger partial charge in [-0.1, -0.05) is 18.2 Å². The van der Waals surface area contributed by atoms with Crippen molar-refractivity contribution < 1.29 is 21.9 Å². The number of piperidine rings is 1. The van der Waals surface area contributed by atoms with Crippen molar-refractivity contribution in [1.29, 1.82) is 0 Å². The van der Waals surface area contributed by atoms with Gasteiger partial charge in [-0.15, -0.1) is 0 Å². The number of sulfonamides is 1. The van der Waals surface area contributed by atoms with Crippen LogP contribution < -0.4 is 5.32 Å². The van der Waals surface area contributed by atoms with Crippen molar-refractivity contribution in [3.63, 3.8) is 0 Å². The van der Waals surface area contributed by atoms with Crippen LogP contribution in [0.2, 0.25) is 0 Å². The second-order valence-electron chi connectivity index (χ2n) is 5.15. The molecule has 0 radical (unpaired) electrons. The molecule has 3 rings (SSSR count). The molecule has 2 saturated heterocycles. The molecule has 8 heteroatoms. The zero-order valence-corrected chi connectivity index (χ0v) is 12.1. The molecular formula is C13H16F2N2O3S. The summed E-state index contributed by atoms with van der Waals surface area (Å²) in [6, 6.07) is 7.61. The Bertz CT molecular complexity index is 624. The number of hydrogen-bond acceptors (Lipinski definition) is 4. The van der Waals surface area contributed by atoms with E-state index in [2.05, 4.69) is 5.32 Å². The maximum atomic E-state index is 14.4. The monoisotopic (exact) mass is 318 g/mol. The molecule has 0 saturated carbocycles. The molecule has 5 nitrogen and oxygen atoms in total. The van der Waals surface area contributed by atoms with Crippen molar-refractivity contribution in [2.45, 2.75) is 23.0 Å². The Labute approximate surface area is 121 Å². The van der Waals surface area contributed by atoms with Gasteiger partial charge in [-0.25, -0.2) is 17.2 Å². The Morgan fingerprint density at radius 2 is 1.95 bits per heavy atom. The number of hydrogen-bond donors (Lipinski definition) is 1. The first kappa shape index (κ1) is 14.8. The normalized spacial score (nSPS) is 29.8. The molecule has 0 amide bonds. The van der Waals surface area contributed by atoms with Crippen LogP contribution in [0.1, 0.15) is 6.42 Å². The van der Waals surface area contributed by atoms with E-state index in [1.54, 1.807) is 18.2 Å². The summed E-state index contributed by atoms with van der Waals surface area (Å²) in [5, 5.41) is 2.59. The highest BCUT2D eigenvalue weighted by atomic mass is 32.2. The molecule has 1 spiro atoms. The predicted octanol–water partition coefficient (Wildman–Crippen LogP) is 1.03. The first-order valence-electron chi connectivity index (χ1n) is 6.71. The van der Waals surface area contributed by atoms with Crippen molar-refractivity contribution in [1.82, 2.24) is 9.62 Å². The first-order valence-corrected chi connectivity index (χ1v) is 8.15. The zero-order valence-electron chi connectivity index (χ0n) is 11.3. The van der Waals surface area contributed by atoms with Crippen molar-refractivity contribution in [2.75, 3.05) is 26.2 Å². The minimum absolute atomic E-state index is 0.00390. The first-order chi connectivity index (χ1) is 9.90. The third-order valence-corrected chi connectivity index (χ3v) is 5.85. The molecule has 1 aromatic rings. The van der Waals surface area contributed by atoms with Gasteiger partial charge in [0.2, 0.25) is 15.7 Å². The Balaban J connectivity index is 2.05. The summed E-state index contributed by atoms with van der Waals surface area (Å²) in [5.41, 5.74) is -2.08. The van der Waals surface area contributed by atoms with E-state index in [0.29, 0.717) is 0 Å². The molecule has 1 atom stereocenters. The summed E-state index contributed by atoms with van der Waals surface area (Å²) in [6.07, 6.45) is -0.0773. The van der Waals surface area contributed by atoms with Gasteiger partial charge in [0.25, 0.3) is 0 Å². The number of benzene rings is 1. The van der Waals surface area contributed by atoms with Crippen LogP contribution in [0, 0.1) is 0 Å². The van der Waals surface area contributed by atoms with Crippen LogP contribution in [0.4, 0.5) is 8.78 Å². The Morgan fingerprint density at radius 3 is 2.62 bits per heavy atom. The maximum Gasteiger partial charge on any atom is 0.302 e. The van der Waals surface area contributed by atoms with Crippen LogP contribution in [0.5, 0.6) is 0 Å². The van der Waals surface area contributed by atoms with Crippen molar-refractivity contribution in [3.8, 4) is 0 Å². The standard InChI is InChI=1S/C13H16F2N2O3S/c14-12(15)10-16-7-6-13(12)17(8-9-20-13)21(18,19)11-4-2-1-3-5-11/h1-5,16H,6-10H2. The summed E-state index contributed by atoms with van der Waals surface area (Å²) in [6.45, 7) is -0.390. The van der Waals surface area contributed by atoms with E-state index in [1.165, 1.54) is 12.1 Å². The maximum absolute atomic E-state index is 14.4. The zero-order chi connectivity index (χ0) is 15.1. The van der Waals surface area contributed by atoms with Gasteiger partial charge in [-0.2, -0.15) is 4.31 Å². The van der Waals surface area contributed by atoms with Gasteiger partial charge in [-0.05, 0) is 18.7 Å². The lowest BCUT2D eigenvalue weighted by molar-refractivity contribution is -0.233. The summed E-state index contributed by atoms with van der Waals surface area (Å²) >= 11 is 0. The number of nitrogens with one attached hydrogen (secondary N) is 1. The van der Waals surface area contributed by atoms with Crippen molar-refractivity contribution >= 4 is 10.0 Å². The van der Waals surface area contributed by atoms with E-state index in [-0.39, 0.29) is 31.0 Å². The van der Waals surface area contributed by atoms with Crippen LogP contribution in [0.25, 0.3) is 0 Å². The van der Waals surface area contributed by atoms with Crippen LogP contribution in [0.3, 0.4) is 0 Å². The third kappa shape index (κ3) is 2.17. The molecule has 0 aliphatic carbocycles. The van der Waals surface area contributed by atoms with Gasteiger partial charge in [0.1, 0.15) is 0 Å². The van der Waals surface area contributed by atoms with E-state index in [1.807, 2.05) is 0 Å². The van der Waals surface area contributed by atoms with E-state index in [9.17, 15) is 17.2 Å². The molecule has 2 fully saturated rings. The Kier molecular flexibility index (Phi) is 3.52. The SMILES string of the molecule is O=S(=O)(c1ccccc1)N1CCOC12CCNCC2(F)F. The fourth-order valence-corrected chi connectivity index (χ4v) is 4.63. The predicted molar refractivity (Wildman–Crippen MR) is 71.5 cm³/mol. The van der Waals surface area contributed by atoms with Crippen LogP contribution in [-0.2, 0) is 14.8 Å². The highest BCUT2D eigenvalue weighted by Gasteiger charge is 2.65. The number of nitrogens with zero attached hydrogens (tertiary/aromatic N) is 1. The fourth-order valence-electron chi connectivity index (χ4n) is 2.89. The Hall–Kier alpha value is -1.09. The highest BCUT2D eigenvalue weighted by molar-refractivity contribution is 7.89. The quantitative estimate of drug-likeness (QED) is 0.885. The Morgan fingerprint density at radius 1 is 1.24 bits per heavy atom. The van der Waals surface area contributed by atoms with Crippen molar-refractivity contribution in [2.24, 2.45) is 0 Å². The van der Waals surface area contributed by atoms with E-state index >= 15 is 0 Å². The molecule has 1 N–H and O–H groups in total. The molecule has 1 aromatic carbocycles. The second kappa shape index (κ2) is 4.98. The molecule has 2 aliphatic heterocycles. The molecule has 1 unspecified atom stereocenters. The van der Waals surface area contributed by atoms with Crippen LogP contribution in [-0.4, -0.2) is 50.6 Å². The number of alkyl halides is 2. The van der Waals surface area contributed by atoms with Gasteiger partial charge in [-0.3, -0.25) is 0 Å². The fraction of sp³-hybridized carbons (Fsp3) is 0.538. The number of rotatable bonds is 2. The van der Waals surface area contributed by atoms with E-state index < -0.39 is 28.2 Å². The summed E-state index contributed by atoms with van der Waals surface area (Å²) < 4.78 is 60.2. The minimum Gasteiger partial charge on any atom is -0.352 e. The average molecular weight is 318 g/mol. The van der Waals surface area contributed by atoms with Gasteiger partial charge in [0, 0.05) is 13.0 Å². The molecule has 116 valence electrons. The largest absolute Gasteiger partial charge is 0.352 e. The smallest absolute Gasteiger partial charge is 0.302 e. The van der Waals surface area contributed by atoms with E-state index in [0.717, 1.165) is 4.31 Å². The van der Waals surface area contributed by atoms with E-state index in [4.69, 9.17) is 4.74 Å². The molecular weight excluding hydrogens is 302 g/mol. The van der Waals surface area contributed by atoms with Crippen LogP contribution in [0.15, 0.2) is 35.2 Å². The molecule has 21 heavy (non-hydrogen) atoms. The third-order valence-electron chi connectivity index (χ3n) is 3.93. The second-order valence-corrected chi connectivity index (χ2v) is 7.02. The van der Waals surface area contributed by atoms with Gasteiger partial charge in [0.05, 0.1) is 18.0 Å². The van der Waals surface area contributed by atoms with Crippen LogP contribution >= 0.6 is 0 Å². The molecule has 0 aromatic heterocycles. The van der Waals surface area contributed by atoms with Gasteiger partial charge in [0.15, 0.2) is 0 Å². The van der Waals surface area contributed by atoms with Gasteiger partial charge >= 0.3 is 5.92 Å². The topological polar surface area (TPSA) is 58.6 Å². The summed E-state index contributed by atoms with van der Waals surface area (Å²) in [7, 11) is -4.02. The van der Waals surface area contributed by atoms with Gasteiger partial charge < -0.3 is 10.1 Å². The molecule has 2 heterocycles. The number of halogens is 2. The minimum atomic E-state index is -4.02. The molecule has 0 bridgehead atoms. The summed E-state index contributed by atoms with van der Waals surface area (Å²) in [5.74, 6) is -3.27. The van der Waals surface area contributed by atoms with Crippen molar-refractivity contribution in [3.05, 3.63) is 30.3 Å². The lowest BCUT2D eigenvalue weighted by Gasteiger charge is -2.44. The highest BCUT2D eigenvalue weighted by Crippen LogP contribution is 2.45. The molecule has 2 aliphatic rings. The lowest BCUT2D eigenvalue weighted by Crippen LogP contribution is -2.66. The average Bonchev–Trinajstić information content (AvgIpc) is 2.89.